The maximum absolute atomic E-state index is 13.4. The summed E-state index contributed by atoms with van der Waals surface area (Å²) in [6, 6.07) is 0.463. The van der Waals surface area contributed by atoms with Crippen LogP contribution >= 0.6 is 0 Å². The first-order valence-electron chi connectivity index (χ1n) is 12.7. The smallest absolute Gasteiger partial charge is 0.140 e. The maximum Gasteiger partial charge on any atom is 0.140 e. The van der Waals surface area contributed by atoms with E-state index >= 15 is 0 Å². The van der Waals surface area contributed by atoms with Crippen molar-refractivity contribution in [3.05, 3.63) is 0 Å². The molecule has 2 nitrogen and oxygen atoms in total. The molecule has 0 heterocycles. The van der Waals surface area contributed by atoms with Crippen LogP contribution in [0.4, 0.5) is 0 Å². The van der Waals surface area contributed by atoms with Gasteiger partial charge in [0.05, 0.1) is 0 Å². The van der Waals surface area contributed by atoms with Crippen molar-refractivity contribution in [1.82, 2.24) is 4.90 Å². The number of unbranched alkanes of at least 4 members (excludes halogenated alkanes) is 8. The van der Waals surface area contributed by atoms with Crippen LogP contribution in [0.5, 0.6) is 0 Å². The van der Waals surface area contributed by atoms with E-state index in [-0.39, 0.29) is 5.41 Å². The molecule has 4 fully saturated rings. The van der Waals surface area contributed by atoms with E-state index in [1.165, 1.54) is 103 Å². The molecule has 4 bridgehead atoms. The van der Waals surface area contributed by atoms with Crippen molar-refractivity contribution in [3.63, 3.8) is 0 Å². The van der Waals surface area contributed by atoms with Gasteiger partial charge in [-0.1, -0.05) is 64.7 Å². The molecule has 0 aliphatic heterocycles. The van der Waals surface area contributed by atoms with Gasteiger partial charge in [-0.2, -0.15) is 0 Å². The minimum atomic E-state index is 0.0987. The van der Waals surface area contributed by atoms with Gasteiger partial charge in [0.2, 0.25) is 0 Å². The Bertz CT molecular complexity index is 448. The molecule has 0 N–H and O–H groups in total. The zero-order valence-electron chi connectivity index (χ0n) is 19.2. The summed E-state index contributed by atoms with van der Waals surface area (Å²) in [7, 11) is 4.37. The van der Waals surface area contributed by atoms with Gasteiger partial charge in [-0.25, -0.2) is 0 Å². The summed E-state index contributed by atoms with van der Waals surface area (Å²) >= 11 is 0. The van der Waals surface area contributed by atoms with E-state index in [0.29, 0.717) is 11.8 Å². The van der Waals surface area contributed by atoms with E-state index in [2.05, 4.69) is 25.9 Å². The SMILES string of the molecule is CCCCCCCCCCCC(CC(=O)C12CC3CC(CC(C3)C1)C2)N(C)C. The standard InChI is InChI=1S/C26H47NO/c1-4-5-6-7-8-9-10-11-12-13-24(27(2)3)17-25(28)26-18-21-14-22(19-26)16-23(15-21)20-26/h21-24H,4-20H2,1-3H3. The zero-order valence-corrected chi connectivity index (χ0v) is 19.2. The van der Waals surface area contributed by atoms with Crippen LogP contribution in [-0.4, -0.2) is 30.8 Å². The molecule has 1 unspecified atom stereocenters. The number of carbonyl (C=O) groups excluding carboxylic acids is 1. The number of hydrogen-bond donors (Lipinski definition) is 0. The summed E-state index contributed by atoms with van der Waals surface area (Å²) in [6.07, 6.45) is 22.5. The summed E-state index contributed by atoms with van der Waals surface area (Å²) in [5.41, 5.74) is 0.0987. The summed E-state index contributed by atoms with van der Waals surface area (Å²) in [5.74, 6) is 3.28. The molecule has 0 aromatic heterocycles. The molecular formula is C26H47NO. The molecule has 0 saturated heterocycles. The highest BCUT2D eigenvalue weighted by Crippen LogP contribution is 2.60. The molecule has 162 valence electrons. The second kappa shape index (κ2) is 10.6. The molecule has 4 saturated carbocycles. The first kappa shape index (κ1) is 22.3. The predicted octanol–water partition coefficient (Wildman–Crippen LogP) is 7.01. The van der Waals surface area contributed by atoms with Gasteiger partial charge in [-0.05, 0) is 76.8 Å². The lowest BCUT2D eigenvalue weighted by atomic mass is 9.48. The molecule has 0 spiro atoms. The Labute approximate surface area is 175 Å². The third kappa shape index (κ3) is 5.83. The quantitative estimate of drug-likeness (QED) is 0.298. The Morgan fingerprint density at radius 2 is 1.29 bits per heavy atom. The number of hydrogen-bond acceptors (Lipinski definition) is 2. The summed E-state index contributed by atoms with van der Waals surface area (Å²) in [5, 5.41) is 0. The molecule has 0 aromatic rings. The van der Waals surface area contributed by atoms with Crippen molar-refractivity contribution in [2.45, 2.75) is 122 Å². The van der Waals surface area contributed by atoms with Crippen LogP contribution < -0.4 is 0 Å². The van der Waals surface area contributed by atoms with Crippen molar-refractivity contribution in [2.24, 2.45) is 23.2 Å². The molecular weight excluding hydrogens is 342 g/mol. The summed E-state index contributed by atoms with van der Waals surface area (Å²) < 4.78 is 0. The lowest BCUT2D eigenvalue weighted by Crippen LogP contribution is -2.51. The summed E-state index contributed by atoms with van der Waals surface area (Å²) in [6.45, 7) is 2.29. The van der Waals surface area contributed by atoms with E-state index in [4.69, 9.17) is 0 Å². The Hall–Kier alpha value is -0.370. The van der Waals surface area contributed by atoms with Gasteiger partial charge in [0.1, 0.15) is 5.78 Å². The van der Waals surface area contributed by atoms with Gasteiger partial charge in [0.15, 0.2) is 0 Å². The fourth-order valence-corrected chi connectivity index (χ4v) is 7.12. The van der Waals surface area contributed by atoms with Crippen molar-refractivity contribution in [1.29, 1.82) is 0 Å². The van der Waals surface area contributed by atoms with E-state index in [1.54, 1.807) is 0 Å². The first-order chi connectivity index (χ1) is 13.5. The number of nitrogens with zero attached hydrogens (tertiary/aromatic N) is 1. The second-order valence-electron chi connectivity index (χ2n) is 11.1. The third-order valence-electron chi connectivity index (χ3n) is 8.42. The van der Waals surface area contributed by atoms with Crippen molar-refractivity contribution in [2.75, 3.05) is 14.1 Å². The molecule has 4 rings (SSSR count). The highest BCUT2D eigenvalue weighted by molar-refractivity contribution is 5.85. The molecule has 1 atom stereocenters. The second-order valence-corrected chi connectivity index (χ2v) is 11.1. The van der Waals surface area contributed by atoms with Crippen LogP contribution in [0.3, 0.4) is 0 Å². The Morgan fingerprint density at radius 1 is 0.821 bits per heavy atom. The molecule has 0 aromatic carbocycles. The fraction of sp³-hybridized carbons (Fsp3) is 0.962. The number of ketones is 1. The molecule has 4 aliphatic carbocycles. The topological polar surface area (TPSA) is 20.3 Å². The van der Waals surface area contributed by atoms with Gasteiger partial charge in [-0.3, -0.25) is 4.79 Å². The minimum absolute atomic E-state index is 0.0987. The molecule has 2 heteroatoms. The summed E-state index contributed by atoms with van der Waals surface area (Å²) in [4.78, 5) is 15.8. The lowest BCUT2D eigenvalue weighted by molar-refractivity contribution is -0.145. The largest absolute Gasteiger partial charge is 0.306 e. The predicted molar refractivity (Wildman–Crippen MR) is 120 cm³/mol. The van der Waals surface area contributed by atoms with Gasteiger partial charge in [0, 0.05) is 17.9 Å². The average molecular weight is 390 g/mol. The van der Waals surface area contributed by atoms with Crippen LogP contribution in [0, 0.1) is 23.2 Å². The van der Waals surface area contributed by atoms with E-state index in [9.17, 15) is 4.79 Å². The van der Waals surface area contributed by atoms with Crippen LogP contribution in [0.1, 0.15) is 116 Å². The highest BCUT2D eigenvalue weighted by Gasteiger charge is 2.54. The number of rotatable bonds is 14. The maximum atomic E-state index is 13.4. The highest BCUT2D eigenvalue weighted by atomic mass is 16.1. The van der Waals surface area contributed by atoms with Gasteiger partial charge < -0.3 is 4.90 Å². The first-order valence-corrected chi connectivity index (χ1v) is 12.7. The van der Waals surface area contributed by atoms with E-state index in [1.807, 2.05) is 0 Å². The van der Waals surface area contributed by atoms with Crippen LogP contribution in [0.25, 0.3) is 0 Å². The van der Waals surface area contributed by atoms with Crippen LogP contribution in [0.15, 0.2) is 0 Å². The van der Waals surface area contributed by atoms with E-state index < -0.39 is 0 Å². The van der Waals surface area contributed by atoms with Crippen molar-refractivity contribution < 1.29 is 4.79 Å². The van der Waals surface area contributed by atoms with Gasteiger partial charge >= 0.3 is 0 Å². The normalized spacial score (nSPS) is 32.2. The van der Waals surface area contributed by atoms with Crippen molar-refractivity contribution in [3.8, 4) is 0 Å². The fourth-order valence-electron chi connectivity index (χ4n) is 7.12. The molecule has 28 heavy (non-hydrogen) atoms. The molecule has 4 aliphatic rings. The Balaban J connectivity index is 1.37. The third-order valence-corrected chi connectivity index (χ3v) is 8.42. The zero-order chi connectivity index (χ0) is 20.0. The lowest BCUT2D eigenvalue weighted by Gasteiger charge is -2.56. The number of carbonyl (C=O) groups is 1. The average Bonchev–Trinajstić information content (AvgIpc) is 2.64. The monoisotopic (exact) mass is 389 g/mol. The minimum Gasteiger partial charge on any atom is -0.306 e. The Kier molecular flexibility index (Phi) is 8.45. The van der Waals surface area contributed by atoms with Gasteiger partial charge in [-0.15, -0.1) is 0 Å². The van der Waals surface area contributed by atoms with Crippen molar-refractivity contribution >= 4 is 5.78 Å². The number of Topliss-reactive ketones (excluding diaryl/α,β-unsaturated/α-hetero) is 1. The Morgan fingerprint density at radius 3 is 1.75 bits per heavy atom. The van der Waals surface area contributed by atoms with Crippen LogP contribution in [0.2, 0.25) is 0 Å². The van der Waals surface area contributed by atoms with Gasteiger partial charge in [0.25, 0.3) is 0 Å². The van der Waals surface area contributed by atoms with Crippen LogP contribution in [-0.2, 0) is 4.79 Å². The van der Waals surface area contributed by atoms with E-state index in [0.717, 1.165) is 24.2 Å². The molecule has 0 amide bonds. The molecule has 0 radical (unpaired) electrons.